The zero-order valence-corrected chi connectivity index (χ0v) is 19.0. The van der Waals surface area contributed by atoms with Gasteiger partial charge >= 0.3 is 0 Å². The van der Waals surface area contributed by atoms with E-state index in [0.29, 0.717) is 24.5 Å². The van der Waals surface area contributed by atoms with Crippen molar-refractivity contribution in [2.75, 3.05) is 5.73 Å². The first-order valence-electron chi connectivity index (χ1n) is 10.8. The Labute approximate surface area is 192 Å². The summed E-state index contributed by atoms with van der Waals surface area (Å²) in [7, 11) is 0. The van der Waals surface area contributed by atoms with Gasteiger partial charge in [-0.25, -0.2) is 4.98 Å². The maximum Gasteiger partial charge on any atom is 0.268 e. The van der Waals surface area contributed by atoms with E-state index < -0.39 is 6.04 Å². The number of rotatable bonds is 7. The number of hydrogen-bond acceptors (Lipinski definition) is 4. The molecule has 0 fully saturated rings. The molecule has 0 spiro atoms. The van der Waals surface area contributed by atoms with Crippen molar-refractivity contribution >= 4 is 28.5 Å². The van der Waals surface area contributed by atoms with Gasteiger partial charge in [-0.2, -0.15) is 0 Å². The Balaban J connectivity index is 1.56. The number of nitrogen functional groups attached to an aromatic ring is 1. The van der Waals surface area contributed by atoms with Crippen molar-refractivity contribution in [2.24, 2.45) is 0 Å². The number of pyridine rings is 1. The second kappa shape index (κ2) is 9.20. The van der Waals surface area contributed by atoms with Crippen LogP contribution in [-0.4, -0.2) is 32.8 Å². The molecular weight excluding hydrogens is 416 g/mol. The minimum atomic E-state index is -0.762. The largest absolute Gasteiger partial charge is 0.384 e. The fourth-order valence-corrected chi connectivity index (χ4v) is 4.03. The van der Waals surface area contributed by atoms with Gasteiger partial charge in [0, 0.05) is 41.5 Å². The number of aromatic nitrogens is 3. The van der Waals surface area contributed by atoms with Crippen LogP contribution in [0.3, 0.4) is 0 Å². The van der Waals surface area contributed by atoms with Gasteiger partial charge in [0.05, 0.1) is 0 Å². The summed E-state index contributed by atoms with van der Waals surface area (Å²) in [5.74, 6) is -0.152. The van der Waals surface area contributed by atoms with Crippen LogP contribution < -0.4 is 16.4 Å². The molecule has 1 atom stereocenters. The highest BCUT2D eigenvalue weighted by Crippen LogP contribution is 2.20. The molecule has 4 rings (SSSR count). The Morgan fingerprint density at radius 1 is 1.09 bits per heavy atom. The van der Waals surface area contributed by atoms with Crippen LogP contribution in [0.1, 0.15) is 38.6 Å². The number of nitrogens with zero attached hydrogens (tertiary/aromatic N) is 1. The van der Waals surface area contributed by atoms with Crippen LogP contribution in [0.15, 0.2) is 48.7 Å². The third-order valence-corrected chi connectivity index (χ3v) is 5.77. The van der Waals surface area contributed by atoms with E-state index in [9.17, 15) is 9.59 Å². The molecule has 6 N–H and O–H groups in total. The van der Waals surface area contributed by atoms with E-state index in [0.717, 1.165) is 39.0 Å². The average Bonchev–Trinajstić information content (AvgIpc) is 3.34. The zero-order chi connectivity index (χ0) is 23.5. The van der Waals surface area contributed by atoms with Crippen LogP contribution in [0.25, 0.3) is 10.9 Å². The Kier molecular flexibility index (Phi) is 6.17. The maximum absolute atomic E-state index is 13.2. The molecule has 0 aliphatic rings. The molecule has 8 heteroatoms. The molecule has 3 heterocycles. The van der Waals surface area contributed by atoms with Gasteiger partial charge in [-0.1, -0.05) is 24.3 Å². The van der Waals surface area contributed by atoms with E-state index in [1.165, 1.54) is 0 Å². The molecule has 4 aromatic rings. The summed E-state index contributed by atoms with van der Waals surface area (Å²) in [6.07, 6.45) is 2.23. The Bertz CT molecular complexity index is 1320. The number of aromatic amines is 2. The molecule has 0 saturated heterocycles. The summed E-state index contributed by atoms with van der Waals surface area (Å²) in [6, 6.07) is 12.6. The van der Waals surface area contributed by atoms with Crippen molar-refractivity contribution in [2.45, 2.75) is 39.8 Å². The van der Waals surface area contributed by atoms with E-state index in [1.54, 1.807) is 6.07 Å². The SMILES string of the molecule is Cc1cc(C)c(C(=O)N[C@@H](Cc2c[nH]c3ccccc23)C(=O)NCc2ccc(N)nc2C)[nH]1. The number of para-hydroxylation sites is 1. The van der Waals surface area contributed by atoms with Gasteiger partial charge in [-0.3, -0.25) is 9.59 Å². The van der Waals surface area contributed by atoms with E-state index in [-0.39, 0.29) is 11.8 Å². The molecule has 3 aromatic heterocycles. The fraction of sp³-hybridized carbons (Fsp3) is 0.240. The van der Waals surface area contributed by atoms with Crippen molar-refractivity contribution in [3.63, 3.8) is 0 Å². The molecule has 33 heavy (non-hydrogen) atoms. The smallest absolute Gasteiger partial charge is 0.268 e. The molecular formula is C25H28N6O2. The molecule has 2 amide bonds. The summed E-state index contributed by atoms with van der Waals surface area (Å²) in [5, 5.41) is 6.88. The Morgan fingerprint density at radius 3 is 2.61 bits per heavy atom. The quantitative estimate of drug-likeness (QED) is 0.300. The van der Waals surface area contributed by atoms with Gasteiger partial charge in [0.25, 0.3) is 5.91 Å². The Morgan fingerprint density at radius 2 is 1.88 bits per heavy atom. The summed E-state index contributed by atoms with van der Waals surface area (Å²) >= 11 is 0. The number of aryl methyl sites for hydroxylation is 3. The first-order chi connectivity index (χ1) is 15.8. The van der Waals surface area contributed by atoms with E-state index in [2.05, 4.69) is 25.6 Å². The van der Waals surface area contributed by atoms with E-state index in [1.807, 2.05) is 63.4 Å². The van der Waals surface area contributed by atoms with Crippen LogP contribution in [0, 0.1) is 20.8 Å². The summed E-state index contributed by atoms with van der Waals surface area (Å²) < 4.78 is 0. The molecule has 170 valence electrons. The summed E-state index contributed by atoms with van der Waals surface area (Å²) in [4.78, 5) is 36.8. The summed E-state index contributed by atoms with van der Waals surface area (Å²) in [6.45, 7) is 5.89. The van der Waals surface area contributed by atoms with Gasteiger partial charge in [-0.05, 0) is 55.7 Å². The zero-order valence-electron chi connectivity index (χ0n) is 19.0. The number of carbonyl (C=O) groups excluding carboxylic acids is 2. The average molecular weight is 445 g/mol. The maximum atomic E-state index is 13.2. The van der Waals surface area contributed by atoms with Crippen molar-refractivity contribution in [3.8, 4) is 0 Å². The number of benzene rings is 1. The minimum Gasteiger partial charge on any atom is -0.384 e. The third-order valence-electron chi connectivity index (χ3n) is 5.77. The van der Waals surface area contributed by atoms with E-state index >= 15 is 0 Å². The van der Waals surface area contributed by atoms with Crippen LogP contribution in [0.2, 0.25) is 0 Å². The highest BCUT2D eigenvalue weighted by atomic mass is 16.2. The standard InChI is InChI=1S/C25H28N6O2/c1-14-10-15(2)29-23(14)25(33)31-21(11-18-13-27-20-7-5-4-6-19(18)20)24(32)28-12-17-8-9-22(26)30-16(17)3/h4-10,13,21,27,29H,11-12H2,1-3H3,(H2,26,30)(H,28,32)(H,31,33)/t21-/m0/s1. The van der Waals surface area contributed by atoms with Crippen LogP contribution >= 0.6 is 0 Å². The highest BCUT2D eigenvalue weighted by Gasteiger charge is 2.24. The molecule has 0 radical (unpaired) electrons. The molecule has 0 saturated carbocycles. The van der Waals surface area contributed by atoms with Gasteiger partial charge in [0.2, 0.25) is 5.91 Å². The van der Waals surface area contributed by atoms with Gasteiger partial charge in [0.1, 0.15) is 17.6 Å². The van der Waals surface area contributed by atoms with Crippen molar-refractivity contribution in [3.05, 3.63) is 82.4 Å². The number of fused-ring (bicyclic) bond motifs is 1. The monoisotopic (exact) mass is 444 g/mol. The first kappa shape index (κ1) is 22.1. The molecule has 0 unspecified atom stereocenters. The van der Waals surface area contributed by atoms with Gasteiger partial charge < -0.3 is 26.3 Å². The predicted octanol–water partition coefficient (Wildman–Crippen LogP) is 3.06. The lowest BCUT2D eigenvalue weighted by atomic mass is 10.0. The van der Waals surface area contributed by atoms with Crippen molar-refractivity contribution < 1.29 is 9.59 Å². The number of nitrogens with one attached hydrogen (secondary N) is 4. The molecule has 0 aliphatic heterocycles. The number of anilines is 1. The normalized spacial score (nSPS) is 12.0. The van der Waals surface area contributed by atoms with Crippen LogP contribution in [0.4, 0.5) is 5.82 Å². The Hall–Kier alpha value is -4.07. The fourth-order valence-electron chi connectivity index (χ4n) is 4.03. The molecule has 1 aromatic carbocycles. The molecule has 8 nitrogen and oxygen atoms in total. The number of hydrogen-bond donors (Lipinski definition) is 5. The second-order valence-corrected chi connectivity index (χ2v) is 8.30. The van der Waals surface area contributed by atoms with Crippen LogP contribution in [-0.2, 0) is 17.8 Å². The van der Waals surface area contributed by atoms with Gasteiger partial charge in [0.15, 0.2) is 0 Å². The minimum absolute atomic E-state index is 0.272. The number of amides is 2. The second-order valence-electron chi connectivity index (χ2n) is 8.30. The van der Waals surface area contributed by atoms with Crippen LogP contribution in [0.5, 0.6) is 0 Å². The first-order valence-corrected chi connectivity index (χ1v) is 10.8. The highest BCUT2D eigenvalue weighted by molar-refractivity contribution is 5.97. The summed E-state index contributed by atoms with van der Waals surface area (Å²) in [5.41, 5.74) is 11.5. The topological polar surface area (TPSA) is 129 Å². The van der Waals surface area contributed by atoms with E-state index in [4.69, 9.17) is 5.73 Å². The van der Waals surface area contributed by atoms with Crippen molar-refractivity contribution in [1.29, 1.82) is 0 Å². The number of nitrogens with two attached hydrogens (primary N) is 1. The third kappa shape index (κ3) is 4.90. The molecule has 0 aliphatic carbocycles. The lowest BCUT2D eigenvalue weighted by molar-refractivity contribution is -0.123. The number of carbonyl (C=O) groups is 2. The lowest BCUT2D eigenvalue weighted by Gasteiger charge is -2.19. The number of H-pyrrole nitrogens is 2. The predicted molar refractivity (Wildman–Crippen MR) is 129 cm³/mol. The van der Waals surface area contributed by atoms with Crippen molar-refractivity contribution in [1.82, 2.24) is 25.6 Å². The molecule has 0 bridgehead atoms. The lowest BCUT2D eigenvalue weighted by Crippen LogP contribution is -2.48. The van der Waals surface area contributed by atoms with Gasteiger partial charge in [-0.15, -0.1) is 0 Å².